The molecule has 0 saturated heterocycles. The molecule has 0 aliphatic rings. The summed E-state index contributed by atoms with van der Waals surface area (Å²) in [5, 5.41) is 14.5. The molecule has 3 N–H and O–H groups in total. The van der Waals surface area contributed by atoms with Gasteiger partial charge in [-0.3, -0.25) is 4.79 Å². The fourth-order valence-electron chi connectivity index (χ4n) is 1.43. The topological polar surface area (TPSA) is 87.7 Å². The molecule has 1 rings (SSSR count). The van der Waals surface area contributed by atoms with E-state index < -0.39 is 5.97 Å². The molecule has 0 saturated carbocycles. The number of carbonyl (C=O) groups is 2. The quantitative estimate of drug-likeness (QED) is 0.723. The first-order valence-electron chi connectivity index (χ1n) is 5.88. The molecule has 0 bridgehead atoms. The van der Waals surface area contributed by atoms with Gasteiger partial charge in [-0.15, -0.1) is 0 Å². The van der Waals surface area contributed by atoms with Crippen LogP contribution in [0.4, 0.5) is 5.69 Å². The van der Waals surface area contributed by atoms with E-state index >= 15 is 0 Å². The van der Waals surface area contributed by atoms with Crippen LogP contribution in [0.1, 0.15) is 24.2 Å². The average Bonchev–Trinajstić information content (AvgIpc) is 2.36. The molecular formula is C13H18N2O4. The van der Waals surface area contributed by atoms with Gasteiger partial charge in [-0.2, -0.15) is 0 Å². The second-order valence-corrected chi connectivity index (χ2v) is 4.30. The molecule has 0 aromatic heterocycles. The number of benzene rings is 1. The van der Waals surface area contributed by atoms with E-state index in [9.17, 15) is 9.59 Å². The first-order valence-corrected chi connectivity index (χ1v) is 5.88. The standard InChI is InChI=1S/C13H18N2O4/c1-8(2)14-7-12(16)15-10-6-9(13(17)18)4-5-11(10)19-3/h4-6,8,14H,7H2,1-3H3,(H,15,16)(H,17,18). The average molecular weight is 266 g/mol. The first kappa shape index (κ1) is 15.0. The van der Waals surface area contributed by atoms with Crippen LogP contribution in [-0.4, -0.2) is 36.7 Å². The summed E-state index contributed by atoms with van der Waals surface area (Å²) < 4.78 is 5.08. The SMILES string of the molecule is COc1ccc(C(=O)O)cc1NC(=O)CNC(C)C. The summed E-state index contributed by atoms with van der Waals surface area (Å²) in [6.45, 7) is 4.01. The van der Waals surface area contributed by atoms with Crippen LogP contribution >= 0.6 is 0 Å². The Labute approximate surface area is 111 Å². The normalized spacial score (nSPS) is 10.3. The van der Waals surface area contributed by atoms with E-state index in [-0.39, 0.29) is 24.1 Å². The number of carboxylic acid groups (broad SMARTS) is 1. The van der Waals surface area contributed by atoms with Gasteiger partial charge in [0.1, 0.15) is 5.75 Å². The second kappa shape index (κ2) is 6.75. The minimum absolute atomic E-state index is 0.0907. The minimum Gasteiger partial charge on any atom is -0.495 e. The van der Waals surface area contributed by atoms with Crippen molar-refractivity contribution >= 4 is 17.6 Å². The van der Waals surface area contributed by atoms with Crippen LogP contribution in [0, 0.1) is 0 Å². The number of aromatic carboxylic acids is 1. The van der Waals surface area contributed by atoms with E-state index in [4.69, 9.17) is 9.84 Å². The maximum absolute atomic E-state index is 11.7. The van der Waals surface area contributed by atoms with Crippen LogP contribution in [0.15, 0.2) is 18.2 Å². The van der Waals surface area contributed by atoms with Crippen molar-refractivity contribution in [1.82, 2.24) is 5.32 Å². The minimum atomic E-state index is -1.06. The Hall–Kier alpha value is -2.08. The molecule has 0 spiro atoms. The van der Waals surface area contributed by atoms with Gasteiger partial charge >= 0.3 is 5.97 Å². The van der Waals surface area contributed by atoms with Gasteiger partial charge < -0.3 is 20.5 Å². The molecule has 1 amide bonds. The molecule has 0 radical (unpaired) electrons. The van der Waals surface area contributed by atoms with Crippen LogP contribution in [0.5, 0.6) is 5.75 Å². The zero-order valence-corrected chi connectivity index (χ0v) is 11.2. The van der Waals surface area contributed by atoms with Gasteiger partial charge in [0.05, 0.1) is 24.9 Å². The Bertz CT molecular complexity index is 472. The Morgan fingerprint density at radius 1 is 1.37 bits per heavy atom. The maximum atomic E-state index is 11.7. The number of rotatable bonds is 6. The number of hydrogen-bond donors (Lipinski definition) is 3. The molecular weight excluding hydrogens is 248 g/mol. The Kier molecular flexibility index (Phi) is 5.32. The summed E-state index contributed by atoms with van der Waals surface area (Å²) in [6, 6.07) is 4.49. The van der Waals surface area contributed by atoms with Crippen molar-refractivity contribution < 1.29 is 19.4 Å². The van der Waals surface area contributed by atoms with E-state index in [2.05, 4.69) is 10.6 Å². The zero-order valence-electron chi connectivity index (χ0n) is 11.2. The van der Waals surface area contributed by atoms with E-state index in [0.717, 1.165) is 0 Å². The summed E-state index contributed by atoms with van der Waals surface area (Å²) in [5.41, 5.74) is 0.436. The highest BCUT2D eigenvalue weighted by molar-refractivity contribution is 5.96. The lowest BCUT2D eigenvalue weighted by Gasteiger charge is -2.12. The van der Waals surface area contributed by atoms with Crippen molar-refractivity contribution in [2.75, 3.05) is 19.0 Å². The predicted octanol–water partition coefficient (Wildman–Crippen LogP) is 1.33. The monoisotopic (exact) mass is 266 g/mol. The number of ether oxygens (including phenoxy) is 1. The number of carbonyl (C=O) groups excluding carboxylic acids is 1. The molecule has 0 aliphatic carbocycles. The molecule has 0 fully saturated rings. The molecule has 0 atom stereocenters. The Morgan fingerprint density at radius 3 is 2.58 bits per heavy atom. The van der Waals surface area contributed by atoms with Crippen molar-refractivity contribution in [3.05, 3.63) is 23.8 Å². The van der Waals surface area contributed by atoms with Crippen molar-refractivity contribution in [2.45, 2.75) is 19.9 Å². The van der Waals surface area contributed by atoms with Gasteiger partial charge in [0, 0.05) is 6.04 Å². The smallest absolute Gasteiger partial charge is 0.335 e. The number of amides is 1. The van der Waals surface area contributed by atoms with E-state index in [1.807, 2.05) is 13.8 Å². The van der Waals surface area contributed by atoms with Crippen molar-refractivity contribution in [1.29, 1.82) is 0 Å². The lowest BCUT2D eigenvalue weighted by Crippen LogP contribution is -2.32. The fourth-order valence-corrected chi connectivity index (χ4v) is 1.43. The summed E-state index contributed by atoms with van der Waals surface area (Å²) >= 11 is 0. The molecule has 19 heavy (non-hydrogen) atoms. The third kappa shape index (κ3) is 4.59. The molecule has 1 aromatic rings. The zero-order chi connectivity index (χ0) is 14.4. The molecule has 6 heteroatoms. The van der Waals surface area contributed by atoms with Gasteiger partial charge in [-0.25, -0.2) is 4.79 Å². The number of hydrogen-bond acceptors (Lipinski definition) is 4. The first-order chi connectivity index (χ1) is 8.93. The Balaban J connectivity index is 2.82. The van der Waals surface area contributed by atoms with Gasteiger partial charge in [-0.05, 0) is 18.2 Å². The van der Waals surface area contributed by atoms with Gasteiger partial charge in [0.15, 0.2) is 0 Å². The van der Waals surface area contributed by atoms with Gasteiger partial charge in [-0.1, -0.05) is 13.8 Å². The van der Waals surface area contributed by atoms with Crippen LogP contribution in [0.25, 0.3) is 0 Å². The number of nitrogens with one attached hydrogen (secondary N) is 2. The Morgan fingerprint density at radius 2 is 2.05 bits per heavy atom. The number of anilines is 1. The van der Waals surface area contributed by atoms with Crippen LogP contribution < -0.4 is 15.4 Å². The van der Waals surface area contributed by atoms with Crippen molar-refractivity contribution in [2.24, 2.45) is 0 Å². The van der Waals surface area contributed by atoms with E-state index in [1.165, 1.54) is 25.3 Å². The van der Waals surface area contributed by atoms with Gasteiger partial charge in [0.2, 0.25) is 5.91 Å². The lowest BCUT2D eigenvalue weighted by atomic mass is 10.2. The molecule has 0 unspecified atom stereocenters. The van der Waals surface area contributed by atoms with Gasteiger partial charge in [0.25, 0.3) is 0 Å². The third-order valence-corrected chi connectivity index (χ3v) is 2.39. The van der Waals surface area contributed by atoms with E-state index in [0.29, 0.717) is 11.4 Å². The van der Waals surface area contributed by atoms with Crippen LogP contribution in [-0.2, 0) is 4.79 Å². The highest BCUT2D eigenvalue weighted by Crippen LogP contribution is 2.25. The molecule has 6 nitrogen and oxygen atoms in total. The van der Waals surface area contributed by atoms with Crippen LogP contribution in [0.3, 0.4) is 0 Å². The lowest BCUT2D eigenvalue weighted by molar-refractivity contribution is -0.115. The summed E-state index contributed by atoms with van der Waals surface area (Å²) in [7, 11) is 1.46. The third-order valence-electron chi connectivity index (χ3n) is 2.39. The second-order valence-electron chi connectivity index (χ2n) is 4.30. The number of methoxy groups -OCH3 is 1. The highest BCUT2D eigenvalue weighted by Gasteiger charge is 2.11. The molecule has 104 valence electrons. The summed E-state index contributed by atoms with van der Waals surface area (Å²) in [4.78, 5) is 22.6. The van der Waals surface area contributed by atoms with Crippen LogP contribution in [0.2, 0.25) is 0 Å². The maximum Gasteiger partial charge on any atom is 0.335 e. The molecule has 0 aliphatic heterocycles. The number of carboxylic acids is 1. The van der Waals surface area contributed by atoms with Crippen molar-refractivity contribution in [3.63, 3.8) is 0 Å². The van der Waals surface area contributed by atoms with Crippen molar-refractivity contribution in [3.8, 4) is 5.75 Å². The molecule has 1 aromatic carbocycles. The molecule has 0 heterocycles. The summed E-state index contributed by atoms with van der Waals surface area (Å²) in [5.74, 6) is -0.893. The fraction of sp³-hybridized carbons (Fsp3) is 0.385. The predicted molar refractivity (Wildman–Crippen MR) is 71.7 cm³/mol. The van der Waals surface area contributed by atoms with E-state index in [1.54, 1.807) is 0 Å². The summed E-state index contributed by atoms with van der Waals surface area (Å²) in [6.07, 6.45) is 0. The highest BCUT2D eigenvalue weighted by atomic mass is 16.5. The largest absolute Gasteiger partial charge is 0.495 e.